The molecular weight excluding hydrogens is 304 g/mol. The van der Waals surface area contributed by atoms with Crippen molar-refractivity contribution in [3.8, 4) is 0 Å². The number of aryl methyl sites for hydroxylation is 1. The van der Waals surface area contributed by atoms with Gasteiger partial charge in [0.25, 0.3) is 0 Å². The highest BCUT2D eigenvalue weighted by Gasteiger charge is 2.41. The molecule has 2 aromatic carbocycles. The molecule has 116 valence electrons. The van der Waals surface area contributed by atoms with Gasteiger partial charge in [0, 0.05) is 19.6 Å². The van der Waals surface area contributed by atoms with E-state index in [9.17, 15) is 4.79 Å². The van der Waals surface area contributed by atoms with Crippen molar-refractivity contribution in [3.05, 3.63) is 60.2 Å². The molecule has 1 amide bonds. The maximum absolute atomic E-state index is 13.3. The molecule has 0 saturated heterocycles. The van der Waals surface area contributed by atoms with Crippen LogP contribution in [0.25, 0.3) is 10.2 Å². The van der Waals surface area contributed by atoms with E-state index in [2.05, 4.69) is 0 Å². The number of thiazole rings is 1. The van der Waals surface area contributed by atoms with Crippen LogP contribution in [0.4, 0.5) is 5.13 Å². The minimum atomic E-state index is -3.05. The van der Waals surface area contributed by atoms with Gasteiger partial charge in [-0.1, -0.05) is 49.3 Å². The normalized spacial score (nSPS) is 21.7. The highest BCUT2D eigenvalue weighted by molar-refractivity contribution is 7.21. The monoisotopic (exact) mass is 328 g/mol. The molecule has 4 rings (SSSR count). The number of para-hydroxylation sites is 1. The topological polar surface area (TPSA) is 24.2 Å². The summed E-state index contributed by atoms with van der Waals surface area (Å²) in [6, 6.07) is 16.7. The van der Waals surface area contributed by atoms with E-state index < -0.39 is 25.2 Å². The molecule has 1 aliphatic heterocycles. The lowest BCUT2D eigenvalue weighted by Crippen LogP contribution is -2.50. The van der Waals surface area contributed by atoms with E-state index in [0.717, 1.165) is 15.8 Å². The van der Waals surface area contributed by atoms with Gasteiger partial charge in [-0.25, -0.2) is 9.36 Å². The zero-order valence-electron chi connectivity index (χ0n) is 17.4. The first-order valence-electron chi connectivity index (χ1n) is 10.0. The minimum absolute atomic E-state index is 0.417. The molecule has 1 aromatic heterocycles. The third-order valence-corrected chi connectivity index (χ3v) is 5.41. The number of aromatic nitrogens is 1. The smallest absolute Gasteiger partial charge is 0.247 e. The first-order valence-corrected chi connectivity index (χ1v) is 8.33. The summed E-state index contributed by atoms with van der Waals surface area (Å²) in [7, 11) is 0. The van der Waals surface area contributed by atoms with E-state index in [1.54, 1.807) is 0 Å². The third-order valence-electron chi connectivity index (χ3n) is 4.24. The number of hydrogen-bond donors (Lipinski definition) is 0. The zero-order valence-corrected chi connectivity index (χ0v) is 13.2. The fraction of sp³-hybridized carbons (Fsp3) is 0.263. The number of fused-ring (bicyclic) bond motifs is 3. The Kier molecular flexibility index (Phi) is 2.47. The second-order valence-electron chi connectivity index (χ2n) is 5.52. The van der Waals surface area contributed by atoms with Crippen molar-refractivity contribution < 1.29 is 16.2 Å². The number of rotatable bonds is 2. The standard InChI is InChI=1S/C19H19N2OS/c1-2-18(22)21-15(14-8-4-3-5-9-14)12-13-20-16-10-6-7-11-17(16)23-19(20)21/h3-11,15H,2,12-13H2,1H3/q+1/t15-/m1/s1/i1D3,2D2. The summed E-state index contributed by atoms with van der Waals surface area (Å²) in [5.41, 5.74) is 1.82. The summed E-state index contributed by atoms with van der Waals surface area (Å²) in [5.74, 6) is -1.03. The molecule has 4 heteroatoms. The molecule has 1 atom stereocenters. The van der Waals surface area contributed by atoms with Crippen molar-refractivity contribution >= 4 is 32.6 Å². The van der Waals surface area contributed by atoms with E-state index in [-0.39, 0.29) is 0 Å². The number of amides is 1. The van der Waals surface area contributed by atoms with E-state index in [1.807, 2.05) is 59.2 Å². The summed E-state index contributed by atoms with van der Waals surface area (Å²) in [4.78, 5) is 14.6. The number of anilines is 1. The van der Waals surface area contributed by atoms with Crippen molar-refractivity contribution in [2.45, 2.75) is 32.2 Å². The predicted molar refractivity (Wildman–Crippen MR) is 93.6 cm³/mol. The first kappa shape index (κ1) is 9.83. The zero-order chi connectivity index (χ0) is 20.1. The number of benzene rings is 2. The van der Waals surface area contributed by atoms with Gasteiger partial charge in [0.15, 0.2) is 0 Å². The molecule has 0 bridgehead atoms. The molecule has 0 spiro atoms. The van der Waals surface area contributed by atoms with Crippen molar-refractivity contribution in [1.29, 1.82) is 0 Å². The lowest BCUT2D eigenvalue weighted by molar-refractivity contribution is -0.660. The van der Waals surface area contributed by atoms with Crippen LogP contribution < -0.4 is 9.47 Å². The minimum Gasteiger partial charge on any atom is -0.247 e. The fourth-order valence-electron chi connectivity index (χ4n) is 3.21. The van der Waals surface area contributed by atoms with Gasteiger partial charge in [0.2, 0.25) is 0 Å². The van der Waals surface area contributed by atoms with Crippen LogP contribution in [0.5, 0.6) is 0 Å². The highest BCUT2D eigenvalue weighted by atomic mass is 32.1. The van der Waals surface area contributed by atoms with Crippen LogP contribution in [0.2, 0.25) is 0 Å². The Morgan fingerprint density at radius 2 is 2.09 bits per heavy atom. The van der Waals surface area contributed by atoms with E-state index in [0.29, 0.717) is 18.1 Å². The van der Waals surface area contributed by atoms with Crippen LogP contribution in [0.15, 0.2) is 54.6 Å². The van der Waals surface area contributed by atoms with Gasteiger partial charge in [-0.15, -0.1) is 0 Å². The summed E-state index contributed by atoms with van der Waals surface area (Å²) in [6.45, 7) is -2.39. The number of carbonyl (C=O) groups excluding carboxylic acids is 1. The van der Waals surface area contributed by atoms with Gasteiger partial charge >= 0.3 is 11.0 Å². The second kappa shape index (κ2) is 5.78. The van der Waals surface area contributed by atoms with Gasteiger partial charge in [-0.05, 0) is 29.0 Å². The lowest BCUT2D eigenvalue weighted by atomic mass is 10.0. The van der Waals surface area contributed by atoms with Gasteiger partial charge in [0.05, 0.1) is 11.2 Å². The fourth-order valence-corrected chi connectivity index (χ4v) is 4.45. The van der Waals surface area contributed by atoms with Gasteiger partial charge < -0.3 is 0 Å². The van der Waals surface area contributed by atoms with E-state index >= 15 is 0 Å². The van der Waals surface area contributed by atoms with Gasteiger partial charge in [-0.3, -0.25) is 0 Å². The Hall–Kier alpha value is -2.20. The van der Waals surface area contributed by atoms with Crippen LogP contribution in [0.3, 0.4) is 0 Å². The maximum Gasteiger partial charge on any atom is 0.345 e. The lowest BCUT2D eigenvalue weighted by Gasteiger charge is -2.28. The largest absolute Gasteiger partial charge is 0.345 e. The molecule has 0 aliphatic carbocycles. The molecule has 0 fully saturated rings. The van der Waals surface area contributed by atoms with Gasteiger partial charge in [-0.2, -0.15) is 4.90 Å². The van der Waals surface area contributed by atoms with E-state index in [1.165, 1.54) is 16.2 Å². The molecule has 2 heterocycles. The average molecular weight is 328 g/mol. The molecule has 3 nitrogen and oxygen atoms in total. The van der Waals surface area contributed by atoms with Crippen LogP contribution in [0.1, 0.15) is 38.1 Å². The Balaban J connectivity index is 1.90. The molecule has 1 aliphatic rings. The van der Waals surface area contributed by atoms with E-state index in [4.69, 9.17) is 6.85 Å². The van der Waals surface area contributed by atoms with Crippen LogP contribution >= 0.6 is 11.3 Å². The quantitative estimate of drug-likeness (QED) is 0.651. The molecular formula is C19H19N2OS+. The van der Waals surface area contributed by atoms with Crippen LogP contribution in [-0.4, -0.2) is 5.91 Å². The Morgan fingerprint density at radius 3 is 2.91 bits per heavy atom. The van der Waals surface area contributed by atoms with Crippen molar-refractivity contribution in [2.75, 3.05) is 4.90 Å². The van der Waals surface area contributed by atoms with Gasteiger partial charge in [0.1, 0.15) is 11.6 Å². The Morgan fingerprint density at radius 1 is 1.30 bits per heavy atom. The molecule has 0 saturated carbocycles. The van der Waals surface area contributed by atoms with Crippen LogP contribution in [0, 0.1) is 0 Å². The maximum atomic E-state index is 13.3. The molecule has 23 heavy (non-hydrogen) atoms. The van der Waals surface area contributed by atoms with Crippen molar-refractivity contribution in [3.63, 3.8) is 0 Å². The number of carbonyl (C=O) groups is 1. The Bertz CT molecular complexity index is 1030. The predicted octanol–water partition coefficient (Wildman–Crippen LogP) is 4.08. The number of nitrogens with zero attached hydrogens (tertiary/aromatic N) is 2. The first-order chi connectivity index (χ1) is 13.2. The van der Waals surface area contributed by atoms with Crippen molar-refractivity contribution in [2.24, 2.45) is 0 Å². The summed E-state index contributed by atoms with van der Waals surface area (Å²) < 4.78 is 41.7. The summed E-state index contributed by atoms with van der Waals surface area (Å²) in [6.07, 6.45) is -2.41. The second-order valence-corrected chi connectivity index (χ2v) is 6.53. The Labute approximate surface area is 146 Å². The average Bonchev–Trinajstić information content (AvgIpc) is 3.05. The molecule has 0 unspecified atom stereocenters. The molecule has 3 aromatic rings. The summed E-state index contributed by atoms with van der Waals surface area (Å²) >= 11 is 1.38. The summed E-state index contributed by atoms with van der Waals surface area (Å²) in [5, 5.41) is 0.569. The number of hydrogen-bond acceptors (Lipinski definition) is 2. The molecule has 0 radical (unpaired) electrons. The van der Waals surface area contributed by atoms with Crippen molar-refractivity contribution in [1.82, 2.24) is 0 Å². The van der Waals surface area contributed by atoms with Crippen LogP contribution in [-0.2, 0) is 11.3 Å². The SMILES string of the molecule is [2H]C([2H])([2H])C([2H])([2H])C(=O)N1c2sc3ccccc3[n+]2CC[C@@H]1c1ccccc1. The highest BCUT2D eigenvalue weighted by Crippen LogP contribution is 2.38. The third kappa shape index (κ3) is 2.34. The molecule has 0 N–H and O–H groups in total.